The van der Waals surface area contributed by atoms with E-state index in [0.29, 0.717) is 37.1 Å². The SMILES string of the molecule is O=C(O)CCCC/C=C(\COc1cccc2ccccc12)C(=O)N(C(=O)C1CCCCC1)C1CCNC1. The molecule has 0 radical (unpaired) electrons. The maximum atomic E-state index is 14.0. The Morgan fingerprint density at radius 2 is 1.78 bits per heavy atom. The van der Waals surface area contributed by atoms with Crippen molar-refractivity contribution in [1.82, 2.24) is 10.2 Å². The van der Waals surface area contributed by atoms with Crippen LogP contribution in [0.25, 0.3) is 10.8 Å². The Balaban J connectivity index is 1.56. The number of carbonyl (C=O) groups is 3. The second-order valence-corrected chi connectivity index (χ2v) is 10.1. The lowest BCUT2D eigenvalue weighted by molar-refractivity contribution is -0.148. The van der Waals surface area contributed by atoms with Crippen LogP contribution in [0.5, 0.6) is 5.75 Å². The molecule has 1 saturated carbocycles. The van der Waals surface area contributed by atoms with Crippen LogP contribution in [-0.2, 0) is 14.4 Å². The van der Waals surface area contributed by atoms with Crippen LogP contribution in [0.3, 0.4) is 0 Å². The maximum Gasteiger partial charge on any atom is 0.303 e. The Bertz CT molecular complexity index is 1110. The van der Waals surface area contributed by atoms with Crippen LogP contribution < -0.4 is 10.1 Å². The summed E-state index contributed by atoms with van der Waals surface area (Å²) in [6, 6.07) is 13.6. The number of carboxylic acid groups (broad SMARTS) is 1. The summed E-state index contributed by atoms with van der Waals surface area (Å²) in [4.78, 5) is 40.1. The molecule has 1 atom stereocenters. The van der Waals surface area contributed by atoms with Gasteiger partial charge >= 0.3 is 5.97 Å². The quantitative estimate of drug-likeness (QED) is 0.326. The highest BCUT2D eigenvalue weighted by Crippen LogP contribution is 2.29. The predicted octanol–water partition coefficient (Wildman–Crippen LogP) is 5.09. The van der Waals surface area contributed by atoms with E-state index in [1.54, 1.807) is 0 Å². The number of hydrogen-bond acceptors (Lipinski definition) is 5. The number of fused-ring (bicyclic) bond motifs is 1. The number of unbranched alkanes of at least 4 members (excludes halogenated alkanes) is 2. The number of carbonyl (C=O) groups excluding carboxylic acids is 2. The van der Waals surface area contributed by atoms with Crippen molar-refractivity contribution in [2.45, 2.75) is 70.3 Å². The molecule has 7 nitrogen and oxygen atoms in total. The van der Waals surface area contributed by atoms with E-state index in [-0.39, 0.29) is 36.8 Å². The van der Waals surface area contributed by atoms with Gasteiger partial charge in [0, 0.05) is 24.3 Å². The van der Waals surface area contributed by atoms with Crippen LogP contribution in [0, 0.1) is 5.92 Å². The van der Waals surface area contributed by atoms with Gasteiger partial charge in [0.1, 0.15) is 12.4 Å². The topological polar surface area (TPSA) is 95.9 Å². The standard InChI is InChI=1S/C30H38N2O5/c33-28(34)17-6-2-5-13-24(21-37-27-16-9-14-22-10-7-8-15-26(22)27)30(36)32(25-18-19-31-20-25)29(35)23-11-3-1-4-12-23/h7-10,13-16,23,25,31H,1-6,11-12,17-21H2,(H,33,34)/b24-13+. The number of hydrogen-bond donors (Lipinski definition) is 2. The maximum absolute atomic E-state index is 14.0. The predicted molar refractivity (Wildman–Crippen MR) is 143 cm³/mol. The van der Waals surface area contributed by atoms with Gasteiger partial charge in [0.15, 0.2) is 0 Å². The summed E-state index contributed by atoms with van der Waals surface area (Å²) >= 11 is 0. The third-order valence-electron chi connectivity index (χ3n) is 7.45. The van der Waals surface area contributed by atoms with E-state index in [4.69, 9.17) is 9.84 Å². The van der Waals surface area contributed by atoms with Crippen molar-refractivity contribution in [2.75, 3.05) is 19.7 Å². The Morgan fingerprint density at radius 3 is 2.54 bits per heavy atom. The zero-order chi connectivity index (χ0) is 26.0. The van der Waals surface area contributed by atoms with Gasteiger partial charge in [-0.15, -0.1) is 0 Å². The zero-order valence-corrected chi connectivity index (χ0v) is 21.5. The minimum absolute atomic E-state index is 0.0552. The zero-order valence-electron chi connectivity index (χ0n) is 21.5. The van der Waals surface area contributed by atoms with Crippen molar-refractivity contribution in [3.63, 3.8) is 0 Å². The summed E-state index contributed by atoms with van der Waals surface area (Å²) in [6.07, 6.45) is 9.31. The molecule has 1 aliphatic heterocycles. The fourth-order valence-electron chi connectivity index (χ4n) is 5.39. The summed E-state index contributed by atoms with van der Waals surface area (Å²) in [6.45, 7) is 1.45. The minimum Gasteiger partial charge on any atom is -0.488 e. The molecule has 37 heavy (non-hydrogen) atoms. The molecule has 2 fully saturated rings. The number of aliphatic carboxylic acids is 1. The molecule has 2 aliphatic rings. The summed E-state index contributed by atoms with van der Waals surface area (Å²) in [5.74, 6) is -0.565. The molecule has 7 heteroatoms. The lowest BCUT2D eigenvalue weighted by atomic mass is 9.87. The van der Waals surface area contributed by atoms with E-state index in [0.717, 1.165) is 55.8 Å². The molecule has 4 rings (SSSR count). The van der Waals surface area contributed by atoms with Gasteiger partial charge < -0.3 is 15.2 Å². The van der Waals surface area contributed by atoms with E-state index in [9.17, 15) is 14.4 Å². The van der Waals surface area contributed by atoms with Gasteiger partial charge in [0.2, 0.25) is 5.91 Å². The molecule has 0 spiro atoms. The fourth-order valence-corrected chi connectivity index (χ4v) is 5.39. The van der Waals surface area contributed by atoms with Gasteiger partial charge in [-0.3, -0.25) is 19.3 Å². The first-order chi connectivity index (χ1) is 18.0. The fraction of sp³-hybridized carbons (Fsp3) is 0.500. The number of benzene rings is 2. The molecule has 0 bridgehead atoms. The van der Waals surface area contributed by atoms with Crippen LogP contribution in [0.15, 0.2) is 54.1 Å². The van der Waals surface area contributed by atoms with Crippen molar-refractivity contribution in [3.8, 4) is 5.75 Å². The number of allylic oxidation sites excluding steroid dienone is 1. The smallest absolute Gasteiger partial charge is 0.303 e. The Hall–Kier alpha value is -3.19. The molecule has 1 heterocycles. The highest BCUT2D eigenvalue weighted by molar-refractivity contribution is 6.05. The van der Waals surface area contributed by atoms with E-state index in [1.165, 1.54) is 4.90 Å². The largest absolute Gasteiger partial charge is 0.488 e. The molecule has 1 saturated heterocycles. The molecular weight excluding hydrogens is 468 g/mol. The van der Waals surface area contributed by atoms with E-state index in [1.807, 2.05) is 48.5 Å². The molecule has 1 unspecified atom stereocenters. The van der Waals surface area contributed by atoms with Gasteiger partial charge in [-0.1, -0.05) is 61.7 Å². The first-order valence-electron chi connectivity index (χ1n) is 13.6. The van der Waals surface area contributed by atoms with Crippen LogP contribution >= 0.6 is 0 Å². The Labute approximate surface area is 218 Å². The summed E-state index contributed by atoms with van der Waals surface area (Å²) < 4.78 is 6.20. The molecule has 1 aliphatic carbocycles. The number of amides is 2. The molecule has 2 aromatic carbocycles. The third-order valence-corrected chi connectivity index (χ3v) is 7.45. The molecule has 2 aromatic rings. The van der Waals surface area contributed by atoms with Crippen LogP contribution in [0.1, 0.15) is 64.2 Å². The summed E-state index contributed by atoms with van der Waals surface area (Å²) in [5, 5.41) is 14.3. The molecule has 2 N–H and O–H groups in total. The first kappa shape index (κ1) is 26.9. The summed E-state index contributed by atoms with van der Waals surface area (Å²) in [5.41, 5.74) is 0.458. The van der Waals surface area contributed by atoms with Gasteiger partial charge in [-0.2, -0.15) is 0 Å². The average Bonchev–Trinajstić information content (AvgIpc) is 3.45. The van der Waals surface area contributed by atoms with Gasteiger partial charge in [-0.05, 0) is 56.5 Å². The average molecular weight is 507 g/mol. The second-order valence-electron chi connectivity index (χ2n) is 10.1. The normalized spacial score (nSPS) is 18.6. The number of nitrogens with one attached hydrogen (secondary N) is 1. The van der Waals surface area contributed by atoms with Crippen LogP contribution in [0.4, 0.5) is 0 Å². The lowest BCUT2D eigenvalue weighted by Gasteiger charge is -2.32. The van der Waals surface area contributed by atoms with Crippen molar-refractivity contribution in [3.05, 3.63) is 54.1 Å². The number of carboxylic acids is 1. The second kappa shape index (κ2) is 13.4. The number of ether oxygens (including phenoxy) is 1. The third kappa shape index (κ3) is 7.19. The first-order valence-corrected chi connectivity index (χ1v) is 13.6. The number of nitrogens with zero attached hydrogens (tertiary/aromatic N) is 1. The minimum atomic E-state index is -0.822. The Morgan fingerprint density at radius 1 is 1.00 bits per heavy atom. The lowest BCUT2D eigenvalue weighted by Crippen LogP contribution is -2.49. The van der Waals surface area contributed by atoms with E-state index >= 15 is 0 Å². The molecule has 2 amide bonds. The van der Waals surface area contributed by atoms with E-state index in [2.05, 4.69) is 5.32 Å². The van der Waals surface area contributed by atoms with Crippen molar-refractivity contribution >= 4 is 28.6 Å². The number of imide groups is 1. The van der Waals surface area contributed by atoms with Crippen LogP contribution in [-0.4, -0.2) is 53.5 Å². The van der Waals surface area contributed by atoms with Crippen molar-refractivity contribution in [1.29, 1.82) is 0 Å². The monoisotopic (exact) mass is 506 g/mol. The van der Waals surface area contributed by atoms with E-state index < -0.39 is 5.97 Å². The van der Waals surface area contributed by atoms with Gasteiger partial charge in [0.05, 0.1) is 11.6 Å². The van der Waals surface area contributed by atoms with Gasteiger partial charge in [-0.25, -0.2) is 0 Å². The Kier molecular flexibility index (Phi) is 9.71. The molecule has 0 aromatic heterocycles. The van der Waals surface area contributed by atoms with Crippen LogP contribution in [0.2, 0.25) is 0 Å². The number of rotatable bonds is 11. The van der Waals surface area contributed by atoms with Crippen molar-refractivity contribution in [2.24, 2.45) is 5.92 Å². The highest BCUT2D eigenvalue weighted by atomic mass is 16.5. The molecule has 198 valence electrons. The van der Waals surface area contributed by atoms with Crippen molar-refractivity contribution < 1.29 is 24.2 Å². The summed E-state index contributed by atoms with van der Waals surface area (Å²) in [7, 11) is 0. The molecular formula is C30H38N2O5. The highest BCUT2D eigenvalue weighted by Gasteiger charge is 2.37. The van der Waals surface area contributed by atoms with Gasteiger partial charge in [0.25, 0.3) is 5.91 Å².